The van der Waals surface area contributed by atoms with Gasteiger partial charge >= 0.3 is 7.12 Å². The summed E-state index contributed by atoms with van der Waals surface area (Å²) in [6, 6.07) is 5.70. The van der Waals surface area contributed by atoms with Gasteiger partial charge in [0.1, 0.15) is 5.58 Å². The Hall–Kier alpha value is -1.79. The molecule has 128 valence electrons. The molecule has 6 heteroatoms. The van der Waals surface area contributed by atoms with Crippen LogP contribution in [0.15, 0.2) is 22.6 Å². The quantitative estimate of drug-likeness (QED) is 0.795. The molecule has 2 aromatic rings. The van der Waals surface area contributed by atoms with Gasteiger partial charge < -0.3 is 18.6 Å². The zero-order valence-electron chi connectivity index (χ0n) is 15.4. The van der Waals surface area contributed by atoms with Crippen LogP contribution < -0.4 is 5.46 Å². The molecule has 1 amide bonds. The molecule has 1 saturated heterocycles. The van der Waals surface area contributed by atoms with E-state index in [9.17, 15) is 4.79 Å². The van der Waals surface area contributed by atoms with Crippen molar-refractivity contribution in [3.63, 3.8) is 0 Å². The van der Waals surface area contributed by atoms with Crippen LogP contribution in [-0.4, -0.2) is 43.2 Å². The zero-order chi connectivity index (χ0) is 17.9. The van der Waals surface area contributed by atoms with Gasteiger partial charge in [0.2, 0.25) is 0 Å². The molecule has 2 heterocycles. The van der Waals surface area contributed by atoms with E-state index in [4.69, 9.17) is 13.7 Å². The van der Waals surface area contributed by atoms with Gasteiger partial charge in [-0.25, -0.2) is 0 Å². The van der Waals surface area contributed by atoms with Crippen LogP contribution in [0.2, 0.25) is 0 Å². The van der Waals surface area contributed by atoms with E-state index in [0.29, 0.717) is 11.3 Å². The van der Waals surface area contributed by atoms with Crippen LogP contribution in [0.5, 0.6) is 0 Å². The van der Waals surface area contributed by atoms with Gasteiger partial charge in [-0.1, -0.05) is 5.56 Å². The van der Waals surface area contributed by atoms with Crippen molar-refractivity contribution in [2.24, 2.45) is 0 Å². The first-order valence-corrected chi connectivity index (χ1v) is 8.13. The lowest BCUT2D eigenvalue weighted by Gasteiger charge is -2.32. The van der Waals surface area contributed by atoms with Crippen molar-refractivity contribution < 1.29 is 18.5 Å². The number of hydrogen-bond donors (Lipinski definition) is 0. The Morgan fingerprint density at radius 2 is 1.62 bits per heavy atom. The van der Waals surface area contributed by atoms with Gasteiger partial charge in [0.15, 0.2) is 5.76 Å². The molecule has 0 radical (unpaired) electrons. The Morgan fingerprint density at radius 3 is 2.17 bits per heavy atom. The first kappa shape index (κ1) is 17.1. The third-order valence-corrected chi connectivity index (χ3v) is 5.03. The highest BCUT2D eigenvalue weighted by Gasteiger charge is 2.52. The molecular formula is C18H24BNO4. The van der Waals surface area contributed by atoms with Crippen molar-refractivity contribution >= 4 is 29.5 Å². The Morgan fingerprint density at radius 1 is 1.04 bits per heavy atom. The van der Waals surface area contributed by atoms with Gasteiger partial charge in [-0.2, -0.15) is 0 Å². The molecule has 5 nitrogen and oxygen atoms in total. The molecule has 24 heavy (non-hydrogen) atoms. The lowest BCUT2D eigenvalue weighted by molar-refractivity contribution is 0.00578. The Labute approximate surface area is 143 Å². The SMILES string of the molecule is Cc1cc2cc(C(=O)N(C)C)oc2cc1B1OC(C)(C)C(C)(C)O1. The molecule has 1 aliphatic rings. The Kier molecular flexibility index (Phi) is 3.81. The highest BCUT2D eigenvalue weighted by atomic mass is 16.7. The fourth-order valence-electron chi connectivity index (χ4n) is 2.77. The molecule has 0 spiro atoms. The number of benzene rings is 1. The van der Waals surface area contributed by atoms with E-state index in [1.165, 1.54) is 4.90 Å². The number of carbonyl (C=O) groups excluding carboxylic acids is 1. The fraction of sp³-hybridized carbons (Fsp3) is 0.500. The first-order valence-electron chi connectivity index (χ1n) is 8.13. The van der Waals surface area contributed by atoms with Crippen molar-refractivity contribution in [1.29, 1.82) is 0 Å². The second-order valence-corrected chi connectivity index (χ2v) is 7.65. The summed E-state index contributed by atoms with van der Waals surface area (Å²) in [4.78, 5) is 13.6. The average molecular weight is 329 g/mol. The Balaban J connectivity index is 2.01. The van der Waals surface area contributed by atoms with Gasteiger partial charge in [-0.15, -0.1) is 0 Å². The number of amides is 1. The molecule has 1 aliphatic heterocycles. The number of fused-ring (bicyclic) bond motifs is 1. The molecule has 1 aromatic heterocycles. The van der Waals surface area contributed by atoms with Crippen molar-refractivity contribution in [2.45, 2.75) is 45.8 Å². The lowest BCUT2D eigenvalue weighted by Crippen LogP contribution is -2.41. The normalized spacial score (nSPS) is 19.0. The van der Waals surface area contributed by atoms with E-state index >= 15 is 0 Å². The van der Waals surface area contributed by atoms with Gasteiger partial charge in [0, 0.05) is 19.5 Å². The summed E-state index contributed by atoms with van der Waals surface area (Å²) in [7, 11) is 2.96. The molecule has 0 bridgehead atoms. The largest absolute Gasteiger partial charge is 0.495 e. The van der Waals surface area contributed by atoms with Gasteiger partial charge in [0.05, 0.1) is 11.2 Å². The summed E-state index contributed by atoms with van der Waals surface area (Å²) in [5, 5.41) is 0.901. The third-order valence-electron chi connectivity index (χ3n) is 5.03. The summed E-state index contributed by atoms with van der Waals surface area (Å²) in [5.41, 5.74) is 1.85. The summed E-state index contributed by atoms with van der Waals surface area (Å²) in [6.07, 6.45) is 0. The average Bonchev–Trinajstić information content (AvgIpc) is 2.95. The maximum absolute atomic E-state index is 12.1. The molecule has 0 atom stereocenters. The monoisotopic (exact) mass is 329 g/mol. The van der Waals surface area contributed by atoms with Crippen LogP contribution in [-0.2, 0) is 9.31 Å². The van der Waals surface area contributed by atoms with Crippen LogP contribution in [0.25, 0.3) is 11.0 Å². The molecule has 0 aliphatic carbocycles. The summed E-state index contributed by atoms with van der Waals surface area (Å²) in [6.45, 7) is 10.1. The second kappa shape index (κ2) is 5.36. The molecule has 0 N–H and O–H groups in total. The minimum atomic E-state index is -0.447. The highest BCUT2D eigenvalue weighted by Crippen LogP contribution is 2.37. The lowest BCUT2D eigenvalue weighted by atomic mass is 9.76. The molecular weight excluding hydrogens is 305 g/mol. The predicted octanol–water partition coefficient (Wildman–Crippen LogP) is 2.74. The maximum Gasteiger partial charge on any atom is 0.495 e. The van der Waals surface area contributed by atoms with E-state index in [1.807, 2.05) is 46.8 Å². The molecule has 0 unspecified atom stereocenters. The minimum absolute atomic E-state index is 0.152. The number of rotatable bonds is 2. The van der Waals surface area contributed by atoms with Crippen LogP contribution in [0, 0.1) is 6.92 Å². The van der Waals surface area contributed by atoms with Crippen molar-refractivity contribution in [3.05, 3.63) is 29.5 Å². The Bertz CT molecular complexity index is 791. The van der Waals surface area contributed by atoms with Gasteiger partial charge in [-0.3, -0.25) is 4.79 Å². The summed E-state index contributed by atoms with van der Waals surface area (Å²) < 4.78 is 18.0. The standard InChI is InChI=1S/C18H24BNO4/c1-11-8-12-9-15(16(21)20(6)7)22-14(12)10-13(11)19-23-17(2,3)18(4,5)24-19/h8-10H,1-7H3. The fourth-order valence-corrected chi connectivity index (χ4v) is 2.77. The van der Waals surface area contributed by atoms with Crippen molar-refractivity contribution in [3.8, 4) is 0 Å². The molecule has 3 rings (SSSR count). The van der Waals surface area contributed by atoms with Crippen LogP contribution >= 0.6 is 0 Å². The van der Waals surface area contributed by atoms with E-state index in [1.54, 1.807) is 20.2 Å². The van der Waals surface area contributed by atoms with Crippen LogP contribution in [0.3, 0.4) is 0 Å². The smallest absolute Gasteiger partial charge is 0.451 e. The predicted molar refractivity (Wildman–Crippen MR) is 94.7 cm³/mol. The molecule has 0 saturated carbocycles. The maximum atomic E-state index is 12.1. The zero-order valence-corrected chi connectivity index (χ0v) is 15.4. The minimum Gasteiger partial charge on any atom is -0.451 e. The van der Waals surface area contributed by atoms with E-state index in [0.717, 1.165) is 16.4 Å². The molecule has 1 fully saturated rings. The van der Waals surface area contributed by atoms with Crippen LogP contribution in [0.1, 0.15) is 43.8 Å². The van der Waals surface area contributed by atoms with E-state index in [-0.39, 0.29) is 5.91 Å². The number of furan rings is 1. The number of aryl methyl sites for hydroxylation is 1. The number of nitrogens with zero attached hydrogens (tertiary/aromatic N) is 1. The second-order valence-electron chi connectivity index (χ2n) is 7.65. The van der Waals surface area contributed by atoms with Crippen molar-refractivity contribution in [1.82, 2.24) is 4.90 Å². The molecule has 1 aromatic carbocycles. The number of hydrogen-bond acceptors (Lipinski definition) is 4. The topological polar surface area (TPSA) is 51.9 Å². The first-order chi connectivity index (χ1) is 11.0. The third kappa shape index (κ3) is 2.64. The van der Waals surface area contributed by atoms with Gasteiger partial charge in [-0.05, 0) is 58.3 Å². The van der Waals surface area contributed by atoms with Crippen molar-refractivity contribution in [2.75, 3.05) is 14.1 Å². The summed E-state index contributed by atoms with van der Waals surface area (Å²) >= 11 is 0. The van der Waals surface area contributed by atoms with Gasteiger partial charge in [0.25, 0.3) is 5.91 Å². The van der Waals surface area contributed by atoms with Crippen LogP contribution in [0.4, 0.5) is 0 Å². The number of carbonyl (C=O) groups is 1. The summed E-state index contributed by atoms with van der Waals surface area (Å²) in [5.74, 6) is 0.182. The van der Waals surface area contributed by atoms with E-state index < -0.39 is 18.3 Å². The van der Waals surface area contributed by atoms with E-state index in [2.05, 4.69) is 0 Å². The highest BCUT2D eigenvalue weighted by molar-refractivity contribution is 6.63.